The van der Waals surface area contributed by atoms with Gasteiger partial charge in [-0.1, -0.05) is 49.4 Å². The molecule has 0 bridgehead atoms. The molecule has 10 nitrogen and oxygen atoms in total. The summed E-state index contributed by atoms with van der Waals surface area (Å²) in [5, 5.41) is 3.78. The van der Waals surface area contributed by atoms with Crippen LogP contribution in [0.3, 0.4) is 0 Å². The van der Waals surface area contributed by atoms with Gasteiger partial charge < -0.3 is 9.47 Å². The van der Waals surface area contributed by atoms with Gasteiger partial charge in [-0.25, -0.2) is 24.2 Å². The fourth-order valence-corrected chi connectivity index (χ4v) is 5.35. The van der Waals surface area contributed by atoms with Crippen LogP contribution >= 0.6 is 11.6 Å². The summed E-state index contributed by atoms with van der Waals surface area (Å²) in [6.07, 6.45) is 0. The number of carbonyl (C=O) groups is 1. The Hall–Kier alpha value is -2.80. The summed E-state index contributed by atoms with van der Waals surface area (Å²) in [5.41, 5.74) is 3.17. The predicted octanol–water partition coefficient (Wildman–Crippen LogP) is 4.90. The molecular formula is C24H32ClN5O5SSi. The summed E-state index contributed by atoms with van der Waals surface area (Å²) < 4.78 is 40.7. The van der Waals surface area contributed by atoms with Crippen molar-refractivity contribution in [3.05, 3.63) is 52.3 Å². The molecule has 0 fully saturated rings. The van der Waals surface area contributed by atoms with Crippen molar-refractivity contribution in [1.82, 2.24) is 19.7 Å². The molecule has 0 spiro atoms. The fraction of sp³-hybridized carbons (Fsp3) is 0.417. The van der Waals surface area contributed by atoms with Crippen molar-refractivity contribution >= 4 is 41.6 Å². The van der Waals surface area contributed by atoms with E-state index < -0.39 is 29.1 Å². The summed E-state index contributed by atoms with van der Waals surface area (Å²) in [7, 11) is -5.60. The fourth-order valence-electron chi connectivity index (χ4n) is 3.50. The zero-order valence-corrected chi connectivity index (χ0v) is 24.4. The topological polar surface area (TPSA) is 125 Å². The lowest BCUT2D eigenvalue weighted by Crippen LogP contribution is -2.22. The Bertz CT molecular complexity index is 1370. The largest absolute Gasteiger partial charge is 0.461 e. The average molecular weight is 566 g/mol. The number of nitrogens with one attached hydrogen (secondary N) is 1. The van der Waals surface area contributed by atoms with E-state index in [0.717, 1.165) is 28.8 Å². The minimum atomic E-state index is -4.28. The van der Waals surface area contributed by atoms with E-state index in [0.29, 0.717) is 12.3 Å². The number of hydrogen-bond acceptors (Lipinski definition) is 8. The number of rotatable bonds is 11. The van der Waals surface area contributed by atoms with E-state index in [-0.39, 0.29) is 30.1 Å². The Kier molecular flexibility index (Phi) is 9.11. The first-order valence-electron chi connectivity index (χ1n) is 11.8. The van der Waals surface area contributed by atoms with Crippen LogP contribution in [0, 0.1) is 13.8 Å². The number of nitrogens with zero attached hydrogens (tertiary/aromatic N) is 4. The number of aromatic nitrogens is 4. The van der Waals surface area contributed by atoms with Gasteiger partial charge >= 0.3 is 5.97 Å². The predicted molar refractivity (Wildman–Crippen MR) is 145 cm³/mol. The highest BCUT2D eigenvalue weighted by atomic mass is 35.5. The molecule has 0 saturated heterocycles. The van der Waals surface area contributed by atoms with Crippen LogP contribution in [0.4, 0.5) is 5.95 Å². The second-order valence-electron chi connectivity index (χ2n) is 9.71. The maximum atomic E-state index is 13.2. The van der Waals surface area contributed by atoms with Crippen LogP contribution in [0.15, 0.2) is 35.4 Å². The van der Waals surface area contributed by atoms with Gasteiger partial charge in [-0.05, 0) is 37.9 Å². The molecule has 2 heterocycles. The average Bonchev–Trinajstić information content (AvgIpc) is 3.21. The molecule has 3 rings (SSSR count). The SMILES string of the molecule is CCOC(=O)c1cc(S(=O)(=O)Nc2nc(Cl)cc(-c3c(C)cccc3C)n2)nn1COCC[Si](C)(C)C. The molecular weight excluding hydrogens is 534 g/mol. The maximum absolute atomic E-state index is 13.2. The molecule has 0 aliphatic rings. The molecule has 37 heavy (non-hydrogen) atoms. The third-order valence-electron chi connectivity index (χ3n) is 5.39. The van der Waals surface area contributed by atoms with E-state index >= 15 is 0 Å². The zero-order chi connectivity index (χ0) is 27.4. The normalized spacial score (nSPS) is 12.0. The number of halogens is 1. The van der Waals surface area contributed by atoms with Crippen LogP contribution in [0.25, 0.3) is 11.3 Å². The standard InChI is InChI=1S/C24H32ClN5O5SSi/c1-7-35-23(31)19-14-21(28-30(19)15-34-11-12-37(4,5)6)36(32,33)29-24-26-18(13-20(25)27-24)22-16(2)9-8-10-17(22)3/h8-10,13-14H,7,11-12,15H2,1-6H3,(H,26,27,29). The van der Waals surface area contributed by atoms with Crippen LogP contribution < -0.4 is 4.72 Å². The molecule has 0 radical (unpaired) electrons. The van der Waals surface area contributed by atoms with Crippen LogP contribution in [0.5, 0.6) is 0 Å². The third-order valence-corrected chi connectivity index (χ3v) is 8.48. The highest BCUT2D eigenvalue weighted by Gasteiger charge is 2.26. The highest BCUT2D eigenvalue weighted by molar-refractivity contribution is 7.92. The van der Waals surface area contributed by atoms with Crippen molar-refractivity contribution in [2.45, 2.75) is 58.2 Å². The van der Waals surface area contributed by atoms with E-state index in [1.54, 1.807) is 13.0 Å². The summed E-state index contributed by atoms with van der Waals surface area (Å²) in [5.74, 6) is -0.926. The second kappa shape index (κ2) is 11.7. The Balaban J connectivity index is 1.91. The Morgan fingerprint density at radius 2 is 1.81 bits per heavy atom. The van der Waals surface area contributed by atoms with Crippen LogP contribution in [-0.4, -0.2) is 55.4 Å². The Morgan fingerprint density at radius 3 is 2.43 bits per heavy atom. The van der Waals surface area contributed by atoms with Gasteiger partial charge in [-0.15, -0.1) is 0 Å². The summed E-state index contributed by atoms with van der Waals surface area (Å²) in [6.45, 7) is 12.7. The molecule has 1 aromatic carbocycles. The summed E-state index contributed by atoms with van der Waals surface area (Å²) in [4.78, 5) is 20.9. The minimum absolute atomic E-state index is 0.0431. The monoisotopic (exact) mass is 565 g/mol. The molecule has 200 valence electrons. The van der Waals surface area contributed by atoms with Crippen LogP contribution in [0.2, 0.25) is 30.8 Å². The van der Waals surface area contributed by atoms with E-state index in [2.05, 4.69) is 39.4 Å². The van der Waals surface area contributed by atoms with Crippen molar-refractivity contribution < 1.29 is 22.7 Å². The first kappa shape index (κ1) is 28.8. The van der Waals surface area contributed by atoms with Gasteiger partial charge in [0.25, 0.3) is 10.0 Å². The molecule has 0 amide bonds. The number of aryl methyl sites for hydroxylation is 2. The van der Waals surface area contributed by atoms with Crippen LogP contribution in [0.1, 0.15) is 28.5 Å². The van der Waals surface area contributed by atoms with Crippen molar-refractivity contribution in [3.8, 4) is 11.3 Å². The third kappa shape index (κ3) is 7.60. The number of anilines is 1. The molecule has 0 aliphatic carbocycles. The Morgan fingerprint density at radius 1 is 1.14 bits per heavy atom. The van der Waals surface area contributed by atoms with Gasteiger partial charge in [0, 0.05) is 32.4 Å². The van der Waals surface area contributed by atoms with Crippen molar-refractivity contribution in [3.63, 3.8) is 0 Å². The lowest BCUT2D eigenvalue weighted by Gasteiger charge is -2.15. The van der Waals surface area contributed by atoms with E-state index in [1.165, 1.54) is 4.68 Å². The van der Waals surface area contributed by atoms with Gasteiger partial charge in [0.15, 0.2) is 10.7 Å². The van der Waals surface area contributed by atoms with Crippen LogP contribution in [-0.2, 0) is 26.2 Å². The number of sulfonamides is 1. The maximum Gasteiger partial charge on any atom is 0.356 e. The first-order valence-corrected chi connectivity index (χ1v) is 17.3. The van der Waals surface area contributed by atoms with Gasteiger partial charge in [0.05, 0.1) is 12.3 Å². The van der Waals surface area contributed by atoms with Gasteiger partial charge in [0.2, 0.25) is 5.95 Å². The number of benzene rings is 1. The molecule has 0 unspecified atom stereocenters. The molecule has 0 saturated carbocycles. The smallest absolute Gasteiger partial charge is 0.356 e. The van der Waals surface area contributed by atoms with E-state index in [4.69, 9.17) is 21.1 Å². The second-order valence-corrected chi connectivity index (χ2v) is 17.3. The minimum Gasteiger partial charge on any atom is -0.461 e. The van der Waals surface area contributed by atoms with Crippen molar-refractivity contribution in [1.29, 1.82) is 0 Å². The number of ether oxygens (including phenoxy) is 2. The van der Waals surface area contributed by atoms with Gasteiger partial charge in [0.1, 0.15) is 11.9 Å². The lowest BCUT2D eigenvalue weighted by molar-refractivity contribution is 0.0454. The molecule has 0 aliphatic heterocycles. The molecule has 13 heteroatoms. The summed E-state index contributed by atoms with van der Waals surface area (Å²) >= 11 is 6.21. The first-order chi connectivity index (χ1) is 17.3. The Labute approximate surface area is 223 Å². The lowest BCUT2D eigenvalue weighted by atomic mass is 10.00. The molecule has 3 aromatic rings. The molecule has 0 atom stereocenters. The number of esters is 1. The summed E-state index contributed by atoms with van der Waals surface area (Å²) in [6, 6.07) is 9.39. The van der Waals surface area contributed by atoms with Crippen molar-refractivity contribution in [2.75, 3.05) is 17.9 Å². The van der Waals surface area contributed by atoms with Gasteiger partial charge in [-0.2, -0.15) is 13.5 Å². The molecule has 1 N–H and O–H groups in total. The zero-order valence-electron chi connectivity index (χ0n) is 21.8. The quantitative estimate of drug-likeness (QED) is 0.151. The van der Waals surface area contributed by atoms with E-state index in [1.807, 2.05) is 32.0 Å². The highest BCUT2D eigenvalue weighted by Crippen LogP contribution is 2.28. The van der Waals surface area contributed by atoms with E-state index in [9.17, 15) is 13.2 Å². The number of hydrogen-bond donors (Lipinski definition) is 1. The van der Waals surface area contributed by atoms with Crippen molar-refractivity contribution in [2.24, 2.45) is 0 Å². The van der Waals surface area contributed by atoms with Gasteiger partial charge in [-0.3, -0.25) is 0 Å². The number of carbonyl (C=O) groups excluding carboxylic acids is 1. The molecule has 2 aromatic heterocycles.